The summed E-state index contributed by atoms with van der Waals surface area (Å²) in [6.07, 6.45) is 5.07. The molecule has 3 rings (SSSR count). The quantitative estimate of drug-likeness (QED) is 0.714. The number of sulfonamides is 1. The number of amides is 1. The third-order valence-corrected chi connectivity index (χ3v) is 8.61. The predicted molar refractivity (Wildman–Crippen MR) is 111 cm³/mol. The van der Waals surface area contributed by atoms with Crippen molar-refractivity contribution >= 4 is 39.7 Å². The van der Waals surface area contributed by atoms with Crippen LogP contribution in [-0.4, -0.2) is 62.3 Å². The Kier molecular flexibility index (Phi) is 8.55. The van der Waals surface area contributed by atoms with Crippen molar-refractivity contribution < 1.29 is 13.2 Å². The Morgan fingerprint density at radius 2 is 1.93 bits per heavy atom. The summed E-state index contributed by atoms with van der Waals surface area (Å²) >= 11 is 1.25. The second-order valence-corrected chi connectivity index (χ2v) is 10.4. The van der Waals surface area contributed by atoms with Crippen molar-refractivity contribution in [1.82, 2.24) is 14.5 Å². The van der Waals surface area contributed by atoms with Gasteiger partial charge in [0, 0.05) is 30.6 Å². The van der Waals surface area contributed by atoms with Crippen LogP contribution < -0.4 is 5.32 Å². The Hall–Kier alpha value is -0.670. The molecule has 0 spiro atoms. The van der Waals surface area contributed by atoms with E-state index in [4.69, 9.17) is 0 Å². The van der Waals surface area contributed by atoms with Crippen molar-refractivity contribution in [3.8, 4) is 0 Å². The minimum Gasteiger partial charge on any atom is -0.339 e. The lowest BCUT2D eigenvalue weighted by molar-refractivity contribution is -0.133. The number of hydrogen-bond acceptors (Lipinski definition) is 5. The van der Waals surface area contributed by atoms with Crippen molar-refractivity contribution in [3.63, 3.8) is 0 Å². The molecule has 9 heteroatoms. The van der Waals surface area contributed by atoms with Crippen molar-refractivity contribution in [2.24, 2.45) is 0 Å². The van der Waals surface area contributed by atoms with Gasteiger partial charge in [0.05, 0.1) is 6.42 Å². The maximum atomic E-state index is 12.9. The van der Waals surface area contributed by atoms with Gasteiger partial charge in [-0.15, -0.1) is 23.7 Å². The van der Waals surface area contributed by atoms with Crippen LogP contribution in [0.3, 0.4) is 0 Å². The highest BCUT2D eigenvalue weighted by atomic mass is 35.5. The molecular weight excluding hydrogens is 406 g/mol. The molecule has 1 amide bonds. The van der Waals surface area contributed by atoms with E-state index in [0.717, 1.165) is 56.6 Å². The topological polar surface area (TPSA) is 69.7 Å². The highest BCUT2D eigenvalue weighted by molar-refractivity contribution is 7.91. The first kappa shape index (κ1) is 22.6. The van der Waals surface area contributed by atoms with Gasteiger partial charge < -0.3 is 10.2 Å². The van der Waals surface area contributed by atoms with Crippen molar-refractivity contribution in [3.05, 3.63) is 17.0 Å². The third kappa shape index (κ3) is 5.44. The summed E-state index contributed by atoms with van der Waals surface area (Å²) in [4.78, 5) is 15.7. The standard InChI is InChI=1S/C18H29N3O3S2.ClH/c1-2-11-21(15-7-9-19-10-8-15)17(22)14-16-5-6-18(25-16)26(23,24)20-12-3-4-13-20;/h5-6,15,19H,2-4,7-14H2,1H3;1H. The fraction of sp³-hybridized carbons (Fsp3) is 0.722. The zero-order chi connectivity index (χ0) is 18.6. The first-order chi connectivity index (χ1) is 12.5. The molecule has 0 bridgehead atoms. The maximum Gasteiger partial charge on any atom is 0.252 e. The number of thiophene rings is 1. The summed E-state index contributed by atoms with van der Waals surface area (Å²) < 4.78 is 27.2. The number of hydrogen-bond donors (Lipinski definition) is 1. The fourth-order valence-corrected chi connectivity index (χ4v) is 6.79. The SMILES string of the molecule is CCCN(C(=O)Cc1ccc(S(=O)(=O)N2CCCC2)s1)C1CCNCC1.Cl. The summed E-state index contributed by atoms with van der Waals surface area (Å²) in [7, 11) is -3.39. The molecule has 1 aromatic rings. The molecule has 2 saturated heterocycles. The summed E-state index contributed by atoms with van der Waals surface area (Å²) in [5.74, 6) is 0.116. The molecular formula is C18H30ClN3O3S2. The number of nitrogens with zero attached hydrogens (tertiary/aromatic N) is 2. The van der Waals surface area contributed by atoms with Crippen LogP contribution in [0.15, 0.2) is 16.3 Å². The van der Waals surface area contributed by atoms with E-state index in [9.17, 15) is 13.2 Å². The zero-order valence-electron chi connectivity index (χ0n) is 15.9. The highest BCUT2D eigenvalue weighted by Crippen LogP contribution is 2.28. The second kappa shape index (κ2) is 10.2. The average Bonchev–Trinajstić information content (AvgIpc) is 3.32. The summed E-state index contributed by atoms with van der Waals surface area (Å²) in [5.41, 5.74) is 0. The van der Waals surface area contributed by atoms with Gasteiger partial charge in [-0.2, -0.15) is 4.31 Å². The van der Waals surface area contributed by atoms with Gasteiger partial charge in [-0.05, 0) is 57.3 Å². The number of carbonyl (C=O) groups excluding carboxylic acids is 1. The van der Waals surface area contributed by atoms with Crippen LogP contribution in [0, 0.1) is 0 Å². The minimum absolute atomic E-state index is 0. The highest BCUT2D eigenvalue weighted by Gasteiger charge is 2.29. The first-order valence-corrected chi connectivity index (χ1v) is 11.9. The number of halogens is 1. The molecule has 2 aliphatic rings. The number of piperidine rings is 1. The number of carbonyl (C=O) groups is 1. The van der Waals surface area contributed by atoms with Crippen LogP contribution in [0.2, 0.25) is 0 Å². The third-order valence-electron chi connectivity index (χ3n) is 5.16. The van der Waals surface area contributed by atoms with Gasteiger partial charge >= 0.3 is 0 Å². The minimum atomic E-state index is -3.39. The molecule has 0 aliphatic carbocycles. The van der Waals surface area contributed by atoms with Gasteiger partial charge in [0.15, 0.2) is 0 Å². The van der Waals surface area contributed by atoms with Crippen molar-refractivity contribution in [2.75, 3.05) is 32.7 Å². The largest absolute Gasteiger partial charge is 0.339 e. The van der Waals surface area contributed by atoms with Gasteiger partial charge in [0.1, 0.15) is 4.21 Å². The van der Waals surface area contributed by atoms with Gasteiger partial charge in [-0.25, -0.2) is 8.42 Å². The second-order valence-electron chi connectivity index (χ2n) is 7.08. The lowest BCUT2D eigenvalue weighted by Gasteiger charge is -2.34. The molecule has 0 unspecified atom stereocenters. The van der Waals surface area contributed by atoms with E-state index in [2.05, 4.69) is 12.2 Å². The molecule has 1 N–H and O–H groups in total. The van der Waals surface area contributed by atoms with Gasteiger partial charge in [0.25, 0.3) is 10.0 Å². The van der Waals surface area contributed by atoms with E-state index in [1.807, 2.05) is 4.90 Å². The molecule has 0 atom stereocenters. The van der Waals surface area contributed by atoms with Crippen molar-refractivity contribution in [1.29, 1.82) is 0 Å². The molecule has 27 heavy (non-hydrogen) atoms. The van der Waals surface area contributed by atoms with E-state index in [0.29, 0.717) is 29.8 Å². The number of rotatable bonds is 7. The van der Waals surface area contributed by atoms with Gasteiger partial charge in [0.2, 0.25) is 5.91 Å². The predicted octanol–water partition coefficient (Wildman–Crippen LogP) is 2.49. The number of nitrogens with one attached hydrogen (secondary N) is 1. The smallest absolute Gasteiger partial charge is 0.252 e. The molecule has 6 nitrogen and oxygen atoms in total. The van der Waals surface area contributed by atoms with E-state index in [-0.39, 0.29) is 18.3 Å². The molecule has 0 saturated carbocycles. The molecule has 3 heterocycles. The van der Waals surface area contributed by atoms with Crippen LogP contribution in [-0.2, 0) is 21.2 Å². The Bertz CT molecular complexity index is 711. The van der Waals surface area contributed by atoms with Crippen LogP contribution in [0.1, 0.15) is 43.9 Å². The maximum absolute atomic E-state index is 12.9. The van der Waals surface area contributed by atoms with E-state index in [1.165, 1.54) is 11.3 Å². The molecule has 2 fully saturated rings. The zero-order valence-corrected chi connectivity index (χ0v) is 18.3. The van der Waals surface area contributed by atoms with E-state index < -0.39 is 10.0 Å². The lowest BCUT2D eigenvalue weighted by Crippen LogP contribution is -2.47. The van der Waals surface area contributed by atoms with Crippen LogP contribution in [0.4, 0.5) is 0 Å². The normalized spacial score (nSPS) is 19.0. The van der Waals surface area contributed by atoms with E-state index >= 15 is 0 Å². The molecule has 0 aromatic carbocycles. The Morgan fingerprint density at radius 3 is 2.56 bits per heavy atom. The molecule has 154 valence electrons. The summed E-state index contributed by atoms with van der Waals surface area (Å²) in [6, 6.07) is 3.77. The van der Waals surface area contributed by atoms with E-state index in [1.54, 1.807) is 16.4 Å². The van der Waals surface area contributed by atoms with Crippen LogP contribution >= 0.6 is 23.7 Å². The molecule has 0 radical (unpaired) electrons. The first-order valence-electron chi connectivity index (χ1n) is 9.61. The Balaban J connectivity index is 0.00000261. The monoisotopic (exact) mass is 435 g/mol. The van der Waals surface area contributed by atoms with Crippen LogP contribution in [0.25, 0.3) is 0 Å². The molecule has 2 aliphatic heterocycles. The average molecular weight is 436 g/mol. The lowest BCUT2D eigenvalue weighted by atomic mass is 10.0. The van der Waals surface area contributed by atoms with Gasteiger partial charge in [-0.1, -0.05) is 6.92 Å². The van der Waals surface area contributed by atoms with Gasteiger partial charge in [-0.3, -0.25) is 4.79 Å². The Morgan fingerprint density at radius 1 is 1.26 bits per heavy atom. The Labute approximate surface area is 172 Å². The summed E-state index contributed by atoms with van der Waals surface area (Å²) in [5, 5.41) is 3.34. The summed E-state index contributed by atoms with van der Waals surface area (Å²) in [6.45, 7) is 5.98. The fourth-order valence-electron chi connectivity index (χ4n) is 3.77. The molecule has 1 aromatic heterocycles. The van der Waals surface area contributed by atoms with Crippen LogP contribution in [0.5, 0.6) is 0 Å². The van der Waals surface area contributed by atoms with Crippen molar-refractivity contribution in [2.45, 2.75) is 55.7 Å².